The van der Waals surface area contributed by atoms with Gasteiger partial charge < -0.3 is 20.3 Å². The predicted octanol–water partition coefficient (Wildman–Crippen LogP) is 3.25. The van der Waals surface area contributed by atoms with Crippen molar-refractivity contribution < 1.29 is 9.53 Å². The lowest BCUT2D eigenvalue weighted by Gasteiger charge is -2.34. The molecule has 2 N–H and O–H groups in total. The fraction of sp³-hybridized carbons (Fsp3) is 0.650. The molecule has 0 aliphatic carbocycles. The van der Waals surface area contributed by atoms with Gasteiger partial charge in [0.1, 0.15) is 5.75 Å². The number of rotatable bonds is 8. The predicted molar refractivity (Wildman–Crippen MR) is 102 cm³/mol. The van der Waals surface area contributed by atoms with E-state index in [1.165, 1.54) is 19.5 Å². The van der Waals surface area contributed by atoms with Crippen LogP contribution in [0.4, 0.5) is 4.79 Å². The highest BCUT2D eigenvalue weighted by molar-refractivity contribution is 5.73. The van der Waals surface area contributed by atoms with Crippen LogP contribution in [-0.4, -0.2) is 44.2 Å². The van der Waals surface area contributed by atoms with E-state index >= 15 is 0 Å². The first-order valence-corrected chi connectivity index (χ1v) is 9.43. The number of nitrogens with zero attached hydrogens (tertiary/aromatic N) is 1. The van der Waals surface area contributed by atoms with Gasteiger partial charge >= 0.3 is 6.03 Å². The van der Waals surface area contributed by atoms with Gasteiger partial charge in [0.05, 0.1) is 7.11 Å². The quantitative estimate of drug-likeness (QED) is 0.710. The van der Waals surface area contributed by atoms with Gasteiger partial charge in [-0.2, -0.15) is 0 Å². The van der Waals surface area contributed by atoms with Crippen LogP contribution in [-0.2, 0) is 6.54 Å². The highest BCUT2D eigenvalue weighted by Crippen LogP contribution is 2.20. The minimum Gasteiger partial charge on any atom is -0.497 e. The minimum absolute atomic E-state index is 0.108. The Morgan fingerprint density at radius 1 is 1.20 bits per heavy atom. The molecule has 2 atom stereocenters. The molecule has 1 aromatic rings. The van der Waals surface area contributed by atoms with Crippen LogP contribution in [0.3, 0.4) is 0 Å². The first-order chi connectivity index (χ1) is 12.1. The van der Waals surface area contributed by atoms with E-state index in [1.807, 2.05) is 24.3 Å². The second-order valence-electron chi connectivity index (χ2n) is 7.37. The van der Waals surface area contributed by atoms with Crippen LogP contribution in [0, 0.1) is 11.8 Å². The molecule has 0 spiro atoms. The number of carbonyl (C=O) groups is 1. The summed E-state index contributed by atoms with van der Waals surface area (Å²) in [5, 5.41) is 5.82. The summed E-state index contributed by atoms with van der Waals surface area (Å²) in [5.41, 5.74) is 1.03. The van der Waals surface area contributed by atoms with Gasteiger partial charge in [0, 0.05) is 26.2 Å². The zero-order valence-electron chi connectivity index (χ0n) is 15.9. The normalized spacial score (nSPS) is 20.9. The number of ether oxygens (including phenoxy) is 1. The lowest BCUT2D eigenvalue weighted by atomic mass is 9.92. The van der Waals surface area contributed by atoms with Crippen molar-refractivity contribution in [3.8, 4) is 5.75 Å². The van der Waals surface area contributed by atoms with Crippen molar-refractivity contribution in [2.45, 2.75) is 39.7 Å². The molecular weight excluding hydrogens is 314 g/mol. The molecule has 2 rings (SSSR count). The lowest BCUT2D eigenvalue weighted by molar-refractivity contribution is 0.139. The zero-order valence-corrected chi connectivity index (χ0v) is 15.9. The Bertz CT molecular complexity index is 525. The molecule has 0 radical (unpaired) electrons. The molecule has 2 amide bonds. The Kier molecular flexibility index (Phi) is 8.06. The topological polar surface area (TPSA) is 53.6 Å². The number of benzene rings is 1. The average Bonchev–Trinajstić information content (AvgIpc) is 2.59. The minimum atomic E-state index is -0.108. The molecule has 0 unspecified atom stereocenters. The molecule has 5 nitrogen and oxygen atoms in total. The maximum atomic E-state index is 11.9. The maximum absolute atomic E-state index is 11.9. The van der Waals surface area contributed by atoms with Crippen LogP contribution < -0.4 is 15.4 Å². The van der Waals surface area contributed by atoms with Gasteiger partial charge in [-0.1, -0.05) is 26.0 Å². The summed E-state index contributed by atoms with van der Waals surface area (Å²) in [6, 6.07) is 7.62. The lowest BCUT2D eigenvalue weighted by Crippen LogP contribution is -2.39. The third kappa shape index (κ3) is 7.34. The Labute approximate surface area is 152 Å². The number of methoxy groups -OCH3 is 1. The molecule has 1 aliphatic rings. The zero-order chi connectivity index (χ0) is 18.1. The van der Waals surface area contributed by atoms with Crippen LogP contribution in [0.15, 0.2) is 24.3 Å². The SMILES string of the molecule is COc1cccc(CNC(=O)NCCCCN2C[C@@H](C)C[C@H](C)C2)c1. The number of unbranched alkanes of at least 4 members (excludes halogenated alkanes) is 1. The Morgan fingerprint density at radius 3 is 2.68 bits per heavy atom. The second-order valence-corrected chi connectivity index (χ2v) is 7.37. The van der Waals surface area contributed by atoms with Crippen LogP contribution in [0.1, 0.15) is 38.7 Å². The molecule has 1 aliphatic heterocycles. The molecule has 0 bridgehead atoms. The van der Waals surface area contributed by atoms with Gasteiger partial charge in [-0.05, 0) is 55.3 Å². The number of piperidine rings is 1. The van der Waals surface area contributed by atoms with Gasteiger partial charge in [0.25, 0.3) is 0 Å². The number of hydrogen-bond donors (Lipinski definition) is 2. The molecule has 0 aromatic heterocycles. The van der Waals surface area contributed by atoms with Gasteiger partial charge in [0.2, 0.25) is 0 Å². The van der Waals surface area contributed by atoms with Crippen molar-refractivity contribution in [3.63, 3.8) is 0 Å². The number of carbonyl (C=O) groups excluding carboxylic acids is 1. The fourth-order valence-electron chi connectivity index (χ4n) is 3.66. The summed E-state index contributed by atoms with van der Waals surface area (Å²) < 4.78 is 5.18. The Morgan fingerprint density at radius 2 is 1.96 bits per heavy atom. The van der Waals surface area contributed by atoms with Crippen molar-refractivity contribution in [3.05, 3.63) is 29.8 Å². The number of nitrogens with one attached hydrogen (secondary N) is 2. The van der Waals surface area contributed by atoms with Crippen LogP contribution in [0.2, 0.25) is 0 Å². The number of urea groups is 1. The number of likely N-dealkylation sites (tertiary alicyclic amines) is 1. The first-order valence-electron chi connectivity index (χ1n) is 9.43. The molecule has 1 heterocycles. The third-order valence-electron chi connectivity index (χ3n) is 4.72. The van der Waals surface area contributed by atoms with E-state index in [1.54, 1.807) is 7.11 Å². The third-order valence-corrected chi connectivity index (χ3v) is 4.72. The van der Waals surface area contributed by atoms with Gasteiger partial charge in [0.15, 0.2) is 0 Å². The Balaban J connectivity index is 1.55. The molecule has 1 saturated heterocycles. The highest BCUT2D eigenvalue weighted by atomic mass is 16.5. The fourth-order valence-corrected chi connectivity index (χ4v) is 3.66. The van der Waals surface area contributed by atoms with Gasteiger partial charge in [-0.15, -0.1) is 0 Å². The number of hydrogen-bond acceptors (Lipinski definition) is 3. The van der Waals surface area contributed by atoms with Gasteiger partial charge in [-0.25, -0.2) is 4.79 Å². The summed E-state index contributed by atoms with van der Waals surface area (Å²) in [6.45, 7) is 9.50. The molecule has 0 saturated carbocycles. The van der Waals surface area contributed by atoms with Crippen LogP contribution in [0.25, 0.3) is 0 Å². The molecule has 25 heavy (non-hydrogen) atoms. The Hall–Kier alpha value is -1.75. The van der Waals surface area contributed by atoms with Crippen molar-refractivity contribution in [2.24, 2.45) is 11.8 Å². The van der Waals surface area contributed by atoms with Gasteiger partial charge in [-0.3, -0.25) is 0 Å². The summed E-state index contributed by atoms with van der Waals surface area (Å²) in [4.78, 5) is 14.4. The summed E-state index contributed by atoms with van der Waals surface area (Å²) in [5.74, 6) is 2.43. The highest BCUT2D eigenvalue weighted by Gasteiger charge is 2.20. The van der Waals surface area contributed by atoms with Crippen LogP contribution >= 0.6 is 0 Å². The number of amides is 2. The van der Waals surface area contributed by atoms with Crippen molar-refractivity contribution in [2.75, 3.05) is 33.3 Å². The van der Waals surface area contributed by atoms with E-state index in [9.17, 15) is 4.79 Å². The monoisotopic (exact) mass is 347 g/mol. The standard InChI is InChI=1S/C20H33N3O2/c1-16-11-17(2)15-23(14-16)10-5-4-9-21-20(24)22-13-18-7-6-8-19(12-18)25-3/h6-8,12,16-17H,4-5,9-11,13-15H2,1-3H3,(H2,21,22,24)/t16-,17-/m0/s1. The molecule has 5 heteroatoms. The van der Waals surface area contributed by atoms with Crippen LogP contribution in [0.5, 0.6) is 5.75 Å². The van der Waals surface area contributed by atoms with E-state index in [0.29, 0.717) is 6.54 Å². The molecule has 140 valence electrons. The van der Waals surface area contributed by atoms with E-state index < -0.39 is 0 Å². The smallest absolute Gasteiger partial charge is 0.315 e. The van der Waals surface area contributed by atoms with E-state index in [-0.39, 0.29) is 6.03 Å². The van der Waals surface area contributed by atoms with Crippen molar-refractivity contribution in [1.29, 1.82) is 0 Å². The largest absolute Gasteiger partial charge is 0.497 e. The van der Waals surface area contributed by atoms with Crippen molar-refractivity contribution in [1.82, 2.24) is 15.5 Å². The first kappa shape index (κ1) is 19.6. The summed E-state index contributed by atoms with van der Waals surface area (Å²) in [7, 11) is 1.64. The van der Waals surface area contributed by atoms with E-state index in [2.05, 4.69) is 29.4 Å². The molecular formula is C20H33N3O2. The molecule has 1 aromatic carbocycles. The molecule has 1 fully saturated rings. The summed E-state index contributed by atoms with van der Waals surface area (Å²) in [6.07, 6.45) is 3.51. The summed E-state index contributed by atoms with van der Waals surface area (Å²) >= 11 is 0. The maximum Gasteiger partial charge on any atom is 0.315 e. The average molecular weight is 348 g/mol. The van der Waals surface area contributed by atoms with E-state index in [0.717, 1.165) is 49.1 Å². The second kappa shape index (κ2) is 10.3. The van der Waals surface area contributed by atoms with Crippen molar-refractivity contribution >= 4 is 6.03 Å². The van der Waals surface area contributed by atoms with E-state index in [4.69, 9.17) is 4.74 Å².